The minimum Gasteiger partial charge on any atom is -0.478 e. The molecule has 0 fully saturated rings. The van der Waals surface area contributed by atoms with Gasteiger partial charge in [0.1, 0.15) is 0 Å². The second kappa shape index (κ2) is 7.88. The lowest BCUT2D eigenvalue weighted by Gasteiger charge is -2.14. The molecule has 0 radical (unpaired) electrons. The Morgan fingerprint density at radius 2 is 1.07 bits per heavy atom. The maximum Gasteiger partial charge on any atom is 0.337 e. The van der Waals surface area contributed by atoms with E-state index in [-0.39, 0.29) is 27.8 Å². The van der Waals surface area contributed by atoms with E-state index in [4.69, 9.17) is 0 Å². The van der Waals surface area contributed by atoms with Gasteiger partial charge in [-0.1, -0.05) is 42.5 Å². The SMILES string of the molecule is O=C(O)c1ccccc1-c1ccc(-c2cccc(C(=O)O)c2C(=O)O)c(C(=O)O)c1. The highest BCUT2D eigenvalue weighted by Gasteiger charge is 2.24. The zero-order valence-corrected chi connectivity index (χ0v) is 15.2. The summed E-state index contributed by atoms with van der Waals surface area (Å²) < 4.78 is 0. The molecule has 0 spiro atoms. The fourth-order valence-electron chi connectivity index (χ4n) is 3.23. The second-order valence-electron chi connectivity index (χ2n) is 6.25. The van der Waals surface area contributed by atoms with Crippen molar-refractivity contribution in [2.24, 2.45) is 0 Å². The van der Waals surface area contributed by atoms with Gasteiger partial charge in [-0.25, -0.2) is 19.2 Å². The first-order valence-corrected chi connectivity index (χ1v) is 8.52. The minimum absolute atomic E-state index is 0.000411. The summed E-state index contributed by atoms with van der Waals surface area (Å²) in [6, 6.07) is 13.8. The van der Waals surface area contributed by atoms with Gasteiger partial charge in [-0.2, -0.15) is 0 Å². The molecule has 8 nitrogen and oxygen atoms in total. The zero-order chi connectivity index (χ0) is 22.0. The molecule has 0 bridgehead atoms. The van der Waals surface area contributed by atoms with E-state index in [0.29, 0.717) is 5.56 Å². The number of hydrogen-bond donors (Lipinski definition) is 4. The fraction of sp³-hybridized carbons (Fsp3) is 0. The lowest BCUT2D eigenvalue weighted by molar-refractivity contribution is 0.0652. The minimum atomic E-state index is -1.51. The number of aromatic carboxylic acids is 4. The molecule has 0 aliphatic carbocycles. The van der Waals surface area contributed by atoms with Crippen molar-refractivity contribution in [3.63, 3.8) is 0 Å². The van der Waals surface area contributed by atoms with Crippen LogP contribution in [0.5, 0.6) is 0 Å². The molecule has 3 rings (SSSR count). The van der Waals surface area contributed by atoms with E-state index in [1.807, 2.05) is 0 Å². The third-order valence-electron chi connectivity index (χ3n) is 4.52. The lowest BCUT2D eigenvalue weighted by atomic mass is 9.89. The fourth-order valence-corrected chi connectivity index (χ4v) is 3.23. The topological polar surface area (TPSA) is 149 Å². The van der Waals surface area contributed by atoms with Gasteiger partial charge in [-0.05, 0) is 40.5 Å². The van der Waals surface area contributed by atoms with E-state index >= 15 is 0 Å². The van der Waals surface area contributed by atoms with Crippen LogP contribution in [0.15, 0.2) is 60.7 Å². The normalized spacial score (nSPS) is 10.4. The summed E-state index contributed by atoms with van der Waals surface area (Å²) in [6.45, 7) is 0. The molecule has 30 heavy (non-hydrogen) atoms. The summed E-state index contributed by atoms with van der Waals surface area (Å²) in [5.41, 5.74) is -0.809. The summed E-state index contributed by atoms with van der Waals surface area (Å²) in [5.74, 6) is -5.54. The van der Waals surface area contributed by atoms with E-state index in [2.05, 4.69) is 0 Å². The summed E-state index contributed by atoms with van der Waals surface area (Å²) in [7, 11) is 0. The summed E-state index contributed by atoms with van der Waals surface area (Å²) in [4.78, 5) is 46.6. The van der Waals surface area contributed by atoms with Crippen LogP contribution in [0.25, 0.3) is 22.3 Å². The van der Waals surface area contributed by atoms with Crippen molar-refractivity contribution in [3.8, 4) is 22.3 Å². The van der Waals surface area contributed by atoms with Crippen LogP contribution in [-0.4, -0.2) is 44.3 Å². The van der Waals surface area contributed by atoms with Gasteiger partial charge in [0.15, 0.2) is 0 Å². The highest BCUT2D eigenvalue weighted by molar-refractivity contribution is 6.09. The van der Waals surface area contributed by atoms with Crippen molar-refractivity contribution in [3.05, 3.63) is 82.9 Å². The van der Waals surface area contributed by atoms with Gasteiger partial charge in [0.2, 0.25) is 0 Å². The Labute approximate surface area is 169 Å². The molecule has 3 aromatic carbocycles. The Morgan fingerprint density at radius 1 is 0.500 bits per heavy atom. The number of carbonyl (C=O) groups is 4. The average Bonchev–Trinajstić information content (AvgIpc) is 2.72. The monoisotopic (exact) mass is 406 g/mol. The number of benzene rings is 3. The van der Waals surface area contributed by atoms with Crippen LogP contribution < -0.4 is 0 Å². The van der Waals surface area contributed by atoms with E-state index in [1.165, 1.54) is 48.5 Å². The Bertz CT molecular complexity index is 1210. The van der Waals surface area contributed by atoms with Crippen molar-refractivity contribution in [1.82, 2.24) is 0 Å². The predicted octanol–water partition coefficient (Wildman–Crippen LogP) is 3.81. The van der Waals surface area contributed by atoms with Crippen LogP contribution in [0.1, 0.15) is 41.4 Å². The third kappa shape index (κ3) is 3.61. The van der Waals surface area contributed by atoms with Gasteiger partial charge < -0.3 is 20.4 Å². The Hall–Kier alpha value is -4.46. The molecule has 150 valence electrons. The van der Waals surface area contributed by atoms with Crippen molar-refractivity contribution < 1.29 is 39.6 Å². The van der Waals surface area contributed by atoms with Crippen molar-refractivity contribution in [2.75, 3.05) is 0 Å². The first-order valence-electron chi connectivity index (χ1n) is 8.52. The number of carboxylic acid groups (broad SMARTS) is 4. The molecular formula is C22H14O8. The maximum absolute atomic E-state index is 11.9. The molecule has 0 saturated carbocycles. The first-order chi connectivity index (χ1) is 14.2. The lowest BCUT2D eigenvalue weighted by Crippen LogP contribution is -2.11. The van der Waals surface area contributed by atoms with Crippen molar-refractivity contribution in [1.29, 1.82) is 0 Å². The van der Waals surface area contributed by atoms with Crippen LogP contribution in [0.3, 0.4) is 0 Å². The standard InChI is InChI=1S/C22H14O8/c23-19(24)15-5-2-1-4-12(15)11-8-9-13(17(10-11)21(27)28)14-6-3-7-16(20(25)26)18(14)22(29)30/h1-10H,(H,23,24)(H,25,26)(H,27,28)(H,29,30). The molecule has 3 aromatic rings. The largest absolute Gasteiger partial charge is 0.478 e. The smallest absolute Gasteiger partial charge is 0.337 e. The Morgan fingerprint density at radius 3 is 1.67 bits per heavy atom. The summed E-state index contributed by atoms with van der Waals surface area (Å²) >= 11 is 0. The van der Waals surface area contributed by atoms with E-state index in [9.17, 15) is 39.6 Å². The quantitative estimate of drug-likeness (QED) is 0.483. The maximum atomic E-state index is 11.9. The van der Waals surface area contributed by atoms with Gasteiger partial charge in [-0.15, -0.1) is 0 Å². The second-order valence-corrected chi connectivity index (χ2v) is 6.25. The molecular weight excluding hydrogens is 392 g/mol. The average molecular weight is 406 g/mol. The Kier molecular flexibility index (Phi) is 5.33. The molecule has 0 amide bonds. The number of rotatable bonds is 6. The molecule has 4 N–H and O–H groups in total. The highest BCUT2D eigenvalue weighted by atomic mass is 16.4. The Balaban J connectivity index is 2.29. The van der Waals surface area contributed by atoms with Crippen LogP contribution in [0, 0.1) is 0 Å². The zero-order valence-electron chi connectivity index (χ0n) is 15.2. The van der Waals surface area contributed by atoms with E-state index in [1.54, 1.807) is 6.07 Å². The third-order valence-corrected chi connectivity index (χ3v) is 4.52. The van der Waals surface area contributed by atoms with Gasteiger partial charge in [-0.3, -0.25) is 0 Å². The number of hydrogen-bond acceptors (Lipinski definition) is 4. The van der Waals surface area contributed by atoms with Crippen LogP contribution in [0.2, 0.25) is 0 Å². The van der Waals surface area contributed by atoms with Gasteiger partial charge in [0, 0.05) is 0 Å². The van der Waals surface area contributed by atoms with Crippen molar-refractivity contribution >= 4 is 23.9 Å². The molecule has 0 aromatic heterocycles. The summed E-state index contributed by atoms with van der Waals surface area (Å²) in [6.07, 6.45) is 0. The highest BCUT2D eigenvalue weighted by Crippen LogP contribution is 2.33. The molecule has 0 unspecified atom stereocenters. The van der Waals surface area contributed by atoms with Crippen LogP contribution >= 0.6 is 0 Å². The molecule has 8 heteroatoms. The van der Waals surface area contributed by atoms with Crippen LogP contribution in [0.4, 0.5) is 0 Å². The molecule has 0 aliphatic rings. The van der Waals surface area contributed by atoms with Gasteiger partial charge in [0.05, 0.1) is 22.3 Å². The summed E-state index contributed by atoms with van der Waals surface area (Å²) in [5, 5.41) is 37.9. The van der Waals surface area contributed by atoms with E-state index in [0.717, 1.165) is 6.07 Å². The van der Waals surface area contributed by atoms with Gasteiger partial charge in [0.25, 0.3) is 0 Å². The predicted molar refractivity (Wildman–Crippen MR) is 105 cm³/mol. The molecule has 0 atom stereocenters. The van der Waals surface area contributed by atoms with Crippen LogP contribution in [-0.2, 0) is 0 Å². The molecule has 0 saturated heterocycles. The number of carboxylic acids is 4. The van der Waals surface area contributed by atoms with Crippen molar-refractivity contribution in [2.45, 2.75) is 0 Å². The first kappa shape index (κ1) is 20.3. The van der Waals surface area contributed by atoms with Gasteiger partial charge >= 0.3 is 23.9 Å². The van der Waals surface area contributed by atoms with E-state index < -0.39 is 35.0 Å². The molecule has 0 heterocycles. The molecule has 0 aliphatic heterocycles.